The topological polar surface area (TPSA) is 59.2 Å². The number of aliphatic hydroxyl groups is 1. The highest BCUT2D eigenvalue weighted by Gasteiger charge is 2.32. The first-order valence-electron chi connectivity index (χ1n) is 5.82. The first-order chi connectivity index (χ1) is 8.29. The van der Waals surface area contributed by atoms with Crippen molar-refractivity contribution < 1.29 is 9.63 Å². The lowest BCUT2D eigenvalue weighted by Crippen LogP contribution is -1.91. The lowest BCUT2D eigenvalue weighted by atomic mass is 10.1. The first-order valence-corrected chi connectivity index (χ1v) is 5.82. The van der Waals surface area contributed by atoms with Gasteiger partial charge in [-0.3, -0.25) is 4.98 Å². The fraction of sp³-hybridized carbons (Fsp3) is 0.385. The Labute approximate surface area is 99.3 Å². The lowest BCUT2D eigenvalue weighted by molar-refractivity contribution is 0.277. The maximum atomic E-state index is 9.46. The molecule has 2 heterocycles. The molecule has 1 aliphatic carbocycles. The van der Waals surface area contributed by atoms with Gasteiger partial charge in [-0.05, 0) is 31.9 Å². The van der Waals surface area contributed by atoms with Gasteiger partial charge in [0.25, 0.3) is 0 Å². The number of nitrogens with zero attached hydrogens (tertiary/aromatic N) is 2. The van der Waals surface area contributed by atoms with E-state index in [2.05, 4.69) is 10.1 Å². The molecule has 1 aliphatic rings. The number of rotatable bonds is 3. The molecule has 1 saturated carbocycles. The van der Waals surface area contributed by atoms with E-state index in [1.165, 1.54) is 0 Å². The Morgan fingerprint density at radius 3 is 2.82 bits per heavy atom. The Balaban J connectivity index is 2.04. The molecule has 0 spiro atoms. The van der Waals surface area contributed by atoms with Crippen LogP contribution in [0.25, 0.3) is 11.3 Å². The van der Waals surface area contributed by atoms with Crippen LogP contribution in [-0.4, -0.2) is 15.2 Å². The van der Waals surface area contributed by atoms with E-state index >= 15 is 0 Å². The van der Waals surface area contributed by atoms with Crippen molar-refractivity contribution >= 4 is 0 Å². The van der Waals surface area contributed by atoms with Gasteiger partial charge in [0.2, 0.25) is 0 Å². The van der Waals surface area contributed by atoms with Crippen LogP contribution in [-0.2, 0) is 6.61 Å². The largest absolute Gasteiger partial charge is 0.391 e. The highest BCUT2D eigenvalue weighted by atomic mass is 16.5. The maximum absolute atomic E-state index is 9.46. The van der Waals surface area contributed by atoms with Gasteiger partial charge in [-0.2, -0.15) is 0 Å². The number of aryl methyl sites for hydroxylation is 1. The molecule has 1 N–H and O–H groups in total. The van der Waals surface area contributed by atoms with Crippen molar-refractivity contribution in [3.05, 3.63) is 35.3 Å². The molecular formula is C13H14N2O2. The van der Waals surface area contributed by atoms with E-state index in [1.54, 1.807) is 6.20 Å². The summed E-state index contributed by atoms with van der Waals surface area (Å²) >= 11 is 0. The Morgan fingerprint density at radius 2 is 2.24 bits per heavy atom. The summed E-state index contributed by atoms with van der Waals surface area (Å²) in [5, 5.41) is 13.5. The van der Waals surface area contributed by atoms with Crippen molar-refractivity contribution in [3.63, 3.8) is 0 Å². The summed E-state index contributed by atoms with van der Waals surface area (Å²) in [5.74, 6) is 1.31. The van der Waals surface area contributed by atoms with Gasteiger partial charge in [0, 0.05) is 28.9 Å². The molecule has 17 heavy (non-hydrogen) atoms. The summed E-state index contributed by atoms with van der Waals surface area (Å²) in [5.41, 5.74) is 3.40. The molecule has 88 valence electrons. The average Bonchev–Trinajstić information content (AvgIpc) is 3.10. The van der Waals surface area contributed by atoms with Gasteiger partial charge in [0.15, 0.2) is 0 Å². The van der Waals surface area contributed by atoms with Crippen molar-refractivity contribution in [2.24, 2.45) is 0 Å². The van der Waals surface area contributed by atoms with Crippen LogP contribution in [0.5, 0.6) is 0 Å². The van der Waals surface area contributed by atoms with E-state index in [9.17, 15) is 5.11 Å². The summed E-state index contributed by atoms with van der Waals surface area (Å²) < 4.78 is 5.36. The third-order valence-electron chi connectivity index (χ3n) is 3.11. The van der Waals surface area contributed by atoms with Crippen LogP contribution in [0.2, 0.25) is 0 Å². The van der Waals surface area contributed by atoms with Crippen LogP contribution in [0.4, 0.5) is 0 Å². The summed E-state index contributed by atoms with van der Waals surface area (Å²) in [6, 6.07) is 3.89. The molecule has 0 radical (unpaired) electrons. The molecule has 2 aromatic rings. The quantitative estimate of drug-likeness (QED) is 0.879. The standard InChI is InChI=1S/C13H14N2O2/c1-8-2-3-10(6-14-8)12-11(7-16)13(17-15-12)9-4-5-9/h2-3,6,9,16H,4-5,7H2,1H3. The van der Waals surface area contributed by atoms with Gasteiger partial charge >= 0.3 is 0 Å². The molecule has 0 amide bonds. The highest BCUT2D eigenvalue weighted by molar-refractivity contribution is 5.62. The van der Waals surface area contributed by atoms with Gasteiger partial charge < -0.3 is 9.63 Å². The van der Waals surface area contributed by atoms with Crippen LogP contribution in [0.3, 0.4) is 0 Å². The van der Waals surface area contributed by atoms with Crippen LogP contribution in [0, 0.1) is 6.92 Å². The first kappa shape index (κ1) is 10.5. The average molecular weight is 230 g/mol. The third-order valence-corrected chi connectivity index (χ3v) is 3.11. The Morgan fingerprint density at radius 1 is 1.41 bits per heavy atom. The fourth-order valence-corrected chi connectivity index (χ4v) is 1.98. The fourth-order valence-electron chi connectivity index (χ4n) is 1.98. The molecular weight excluding hydrogens is 216 g/mol. The van der Waals surface area contributed by atoms with E-state index in [4.69, 9.17) is 4.52 Å². The zero-order chi connectivity index (χ0) is 11.8. The molecule has 1 fully saturated rings. The van der Waals surface area contributed by atoms with Crippen LogP contribution >= 0.6 is 0 Å². The minimum absolute atomic E-state index is 0.0292. The van der Waals surface area contributed by atoms with Crippen molar-refractivity contribution in [2.75, 3.05) is 0 Å². The zero-order valence-electron chi connectivity index (χ0n) is 9.68. The van der Waals surface area contributed by atoms with Crippen LogP contribution < -0.4 is 0 Å². The molecule has 0 bridgehead atoms. The molecule has 2 aromatic heterocycles. The summed E-state index contributed by atoms with van der Waals surface area (Å²) in [7, 11) is 0. The Hall–Kier alpha value is -1.68. The summed E-state index contributed by atoms with van der Waals surface area (Å²) in [4.78, 5) is 4.24. The van der Waals surface area contributed by atoms with Crippen molar-refractivity contribution in [1.29, 1.82) is 0 Å². The van der Waals surface area contributed by atoms with E-state index < -0.39 is 0 Å². The van der Waals surface area contributed by atoms with E-state index in [0.717, 1.165) is 41.1 Å². The molecule has 0 unspecified atom stereocenters. The number of aromatic nitrogens is 2. The normalized spacial score (nSPS) is 15.2. The second-order valence-corrected chi connectivity index (χ2v) is 4.49. The number of hydrogen-bond acceptors (Lipinski definition) is 4. The second kappa shape index (κ2) is 3.96. The van der Waals surface area contributed by atoms with E-state index in [-0.39, 0.29) is 6.61 Å². The molecule has 0 aliphatic heterocycles. The van der Waals surface area contributed by atoms with Crippen molar-refractivity contribution in [2.45, 2.75) is 32.3 Å². The third kappa shape index (κ3) is 1.85. The summed E-state index contributed by atoms with van der Waals surface area (Å²) in [6.07, 6.45) is 4.03. The predicted molar refractivity (Wildman–Crippen MR) is 62.4 cm³/mol. The smallest absolute Gasteiger partial charge is 0.145 e. The maximum Gasteiger partial charge on any atom is 0.145 e. The number of aliphatic hydroxyl groups excluding tert-OH is 1. The molecule has 0 aromatic carbocycles. The van der Waals surface area contributed by atoms with E-state index in [1.807, 2.05) is 19.1 Å². The second-order valence-electron chi connectivity index (χ2n) is 4.49. The summed E-state index contributed by atoms with van der Waals surface area (Å²) in [6.45, 7) is 1.91. The predicted octanol–water partition coefficient (Wildman–Crippen LogP) is 2.41. The van der Waals surface area contributed by atoms with Gasteiger partial charge in [-0.1, -0.05) is 5.16 Å². The minimum atomic E-state index is -0.0292. The van der Waals surface area contributed by atoms with Gasteiger partial charge in [-0.15, -0.1) is 0 Å². The monoisotopic (exact) mass is 230 g/mol. The Kier molecular flexibility index (Phi) is 2.44. The molecule has 0 saturated heterocycles. The Bertz CT molecular complexity index is 527. The van der Waals surface area contributed by atoms with Gasteiger partial charge in [-0.25, -0.2) is 0 Å². The van der Waals surface area contributed by atoms with Gasteiger partial charge in [0.05, 0.1) is 6.61 Å². The molecule has 3 rings (SSSR count). The zero-order valence-corrected chi connectivity index (χ0v) is 9.68. The SMILES string of the molecule is Cc1ccc(-c2noc(C3CC3)c2CO)cn1. The van der Waals surface area contributed by atoms with Crippen molar-refractivity contribution in [3.8, 4) is 11.3 Å². The molecule has 4 heteroatoms. The highest BCUT2D eigenvalue weighted by Crippen LogP contribution is 2.43. The van der Waals surface area contributed by atoms with Crippen molar-refractivity contribution in [1.82, 2.24) is 10.1 Å². The minimum Gasteiger partial charge on any atom is -0.391 e. The lowest BCUT2D eigenvalue weighted by Gasteiger charge is -2.00. The van der Waals surface area contributed by atoms with Crippen LogP contribution in [0.15, 0.2) is 22.9 Å². The molecule has 4 nitrogen and oxygen atoms in total. The van der Waals surface area contributed by atoms with Crippen LogP contribution in [0.1, 0.15) is 35.8 Å². The number of pyridine rings is 1. The number of hydrogen-bond donors (Lipinski definition) is 1. The van der Waals surface area contributed by atoms with Gasteiger partial charge in [0.1, 0.15) is 11.5 Å². The molecule has 0 atom stereocenters. The van der Waals surface area contributed by atoms with E-state index in [0.29, 0.717) is 5.92 Å².